The van der Waals surface area contributed by atoms with Gasteiger partial charge in [0.05, 0.1) is 18.5 Å². The second-order valence-corrected chi connectivity index (χ2v) is 3.18. The molecule has 5 nitrogen and oxygen atoms in total. The third-order valence-corrected chi connectivity index (χ3v) is 2.25. The van der Waals surface area contributed by atoms with E-state index in [1.165, 1.54) is 13.3 Å². The average Bonchev–Trinajstić information content (AvgIpc) is 2.31. The first-order chi connectivity index (χ1) is 7.63. The Balaban J connectivity index is 3.23. The number of nitrogens with zero attached hydrogens (tertiary/aromatic N) is 2. The fourth-order valence-corrected chi connectivity index (χ4v) is 1.28. The second kappa shape index (κ2) is 5.16. The minimum absolute atomic E-state index is 0.390. The van der Waals surface area contributed by atoms with E-state index >= 15 is 0 Å². The Bertz CT molecular complexity index is 438. The second-order valence-electron chi connectivity index (χ2n) is 3.18. The first-order valence-corrected chi connectivity index (χ1v) is 4.80. The van der Waals surface area contributed by atoms with Crippen molar-refractivity contribution in [2.45, 2.75) is 6.92 Å². The van der Waals surface area contributed by atoms with Gasteiger partial charge in [0.1, 0.15) is 0 Å². The molecule has 0 atom stereocenters. The largest absolute Gasteiger partial charge is 0.480 e. The highest BCUT2D eigenvalue weighted by Crippen LogP contribution is 2.22. The maximum absolute atomic E-state index is 5.68. The van der Waals surface area contributed by atoms with Crippen LogP contribution in [0.4, 0.5) is 5.69 Å². The lowest BCUT2D eigenvalue weighted by Crippen LogP contribution is -2.04. The summed E-state index contributed by atoms with van der Waals surface area (Å²) in [5.41, 5.74) is 14.0. The average molecular weight is 220 g/mol. The molecule has 1 heterocycles. The lowest BCUT2D eigenvalue weighted by molar-refractivity contribution is 0.400. The lowest BCUT2D eigenvalue weighted by atomic mass is 10.1. The first-order valence-electron chi connectivity index (χ1n) is 4.80. The van der Waals surface area contributed by atoms with Crippen LogP contribution in [0.1, 0.15) is 12.6 Å². The Hall–Kier alpha value is -2.04. The lowest BCUT2D eigenvalue weighted by Gasteiger charge is -2.08. The molecule has 0 aromatic carbocycles. The monoisotopic (exact) mass is 220 g/mol. The smallest absolute Gasteiger partial charge is 0.237 e. The van der Waals surface area contributed by atoms with Crippen molar-refractivity contribution in [1.29, 1.82) is 0 Å². The maximum Gasteiger partial charge on any atom is 0.237 e. The van der Waals surface area contributed by atoms with Gasteiger partial charge in [0.15, 0.2) is 0 Å². The quantitative estimate of drug-likeness (QED) is 0.746. The topological polar surface area (TPSA) is 86.5 Å². The van der Waals surface area contributed by atoms with Crippen LogP contribution in [0, 0.1) is 0 Å². The number of hydrogen-bond donors (Lipinski definition) is 2. The van der Waals surface area contributed by atoms with Crippen LogP contribution in [0.3, 0.4) is 0 Å². The first kappa shape index (κ1) is 12.0. The third kappa shape index (κ3) is 2.31. The molecule has 0 radical (unpaired) electrons. The molecule has 1 aromatic heterocycles. The van der Waals surface area contributed by atoms with Crippen molar-refractivity contribution < 1.29 is 4.74 Å². The SMILES string of the molecule is CN=C(C)C(=CN)c1ccc(N)c(OC)n1. The predicted molar refractivity (Wildman–Crippen MR) is 66.4 cm³/mol. The molecule has 5 heteroatoms. The Labute approximate surface area is 94.8 Å². The number of pyridine rings is 1. The van der Waals surface area contributed by atoms with Crippen LogP contribution in [0.15, 0.2) is 23.3 Å². The van der Waals surface area contributed by atoms with E-state index in [0.29, 0.717) is 17.3 Å². The fraction of sp³-hybridized carbons (Fsp3) is 0.273. The van der Waals surface area contributed by atoms with Gasteiger partial charge in [0.25, 0.3) is 0 Å². The zero-order valence-corrected chi connectivity index (χ0v) is 9.69. The van der Waals surface area contributed by atoms with Crippen LogP contribution in [0.2, 0.25) is 0 Å². The fourth-order valence-electron chi connectivity index (χ4n) is 1.28. The van der Waals surface area contributed by atoms with Crippen molar-refractivity contribution in [3.8, 4) is 5.88 Å². The number of methoxy groups -OCH3 is 1. The Morgan fingerprint density at radius 3 is 2.69 bits per heavy atom. The van der Waals surface area contributed by atoms with Crippen molar-refractivity contribution in [2.75, 3.05) is 19.9 Å². The van der Waals surface area contributed by atoms with Crippen LogP contribution in [0.5, 0.6) is 5.88 Å². The summed E-state index contributed by atoms with van der Waals surface area (Å²) >= 11 is 0. The highest BCUT2D eigenvalue weighted by molar-refractivity contribution is 6.22. The summed E-state index contributed by atoms with van der Waals surface area (Å²) in [5, 5.41) is 0. The van der Waals surface area contributed by atoms with E-state index in [2.05, 4.69) is 9.98 Å². The number of anilines is 1. The zero-order chi connectivity index (χ0) is 12.1. The van der Waals surface area contributed by atoms with Crippen molar-refractivity contribution in [3.63, 3.8) is 0 Å². The molecule has 0 unspecified atom stereocenters. The number of nitrogen functional groups attached to an aromatic ring is 1. The van der Waals surface area contributed by atoms with Gasteiger partial charge in [-0.2, -0.15) is 0 Å². The van der Waals surface area contributed by atoms with Crippen LogP contribution >= 0.6 is 0 Å². The highest BCUT2D eigenvalue weighted by atomic mass is 16.5. The van der Waals surface area contributed by atoms with Gasteiger partial charge >= 0.3 is 0 Å². The molecule has 86 valence electrons. The molecule has 0 amide bonds. The van der Waals surface area contributed by atoms with E-state index in [1.807, 2.05) is 6.92 Å². The molecule has 0 aliphatic heterocycles. The number of rotatable bonds is 3. The normalized spacial score (nSPS) is 12.7. The molecule has 0 aliphatic carbocycles. The number of hydrogen-bond acceptors (Lipinski definition) is 5. The van der Waals surface area contributed by atoms with Crippen molar-refractivity contribution in [1.82, 2.24) is 4.98 Å². The standard InChI is InChI=1S/C11H16N4O/c1-7(14-2)8(6-12)10-5-4-9(13)11(15-10)16-3/h4-6H,12-13H2,1-3H3. The summed E-state index contributed by atoms with van der Waals surface area (Å²) in [6.07, 6.45) is 1.47. The minimum Gasteiger partial charge on any atom is -0.480 e. The molecule has 1 rings (SSSR count). The van der Waals surface area contributed by atoms with Crippen molar-refractivity contribution in [3.05, 3.63) is 24.0 Å². The van der Waals surface area contributed by atoms with Gasteiger partial charge in [-0.3, -0.25) is 4.99 Å². The van der Waals surface area contributed by atoms with E-state index in [4.69, 9.17) is 16.2 Å². The number of aliphatic imine (C=N–C) groups is 1. The van der Waals surface area contributed by atoms with Gasteiger partial charge in [-0.1, -0.05) is 0 Å². The van der Waals surface area contributed by atoms with E-state index in [0.717, 1.165) is 11.3 Å². The summed E-state index contributed by atoms with van der Waals surface area (Å²) in [6, 6.07) is 3.51. The molecule has 1 aromatic rings. The van der Waals surface area contributed by atoms with Crippen LogP contribution < -0.4 is 16.2 Å². The number of aromatic nitrogens is 1. The molecule has 0 spiro atoms. The molecule has 0 bridgehead atoms. The summed E-state index contributed by atoms with van der Waals surface area (Å²) in [4.78, 5) is 8.32. The van der Waals surface area contributed by atoms with E-state index < -0.39 is 0 Å². The van der Waals surface area contributed by atoms with Gasteiger partial charge in [-0.05, 0) is 19.1 Å². The maximum atomic E-state index is 5.68. The Morgan fingerprint density at radius 2 is 2.19 bits per heavy atom. The summed E-state index contributed by atoms with van der Waals surface area (Å²) < 4.78 is 5.05. The van der Waals surface area contributed by atoms with E-state index in [1.54, 1.807) is 19.2 Å². The van der Waals surface area contributed by atoms with Crippen LogP contribution in [0.25, 0.3) is 5.57 Å². The number of ether oxygens (including phenoxy) is 1. The molecule has 0 aliphatic rings. The molecule has 0 saturated carbocycles. The summed E-state index contributed by atoms with van der Waals surface area (Å²) in [5.74, 6) is 0.390. The van der Waals surface area contributed by atoms with Gasteiger partial charge in [0.2, 0.25) is 5.88 Å². The molecular weight excluding hydrogens is 204 g/mol. The molecule has 0 fully saturated rings. The summed E-state index contributed by atoms with van der Waals surface area (Å²) in [6.45, 7) is 1.86. The minimum atomic E-state index is 0.390. The van der Waals surface area contributed by atoms with Gasteiger partial charge in [-0.25, -0.2) is 4.98 Å². The predicted octanol–water partition coefficient (Wildman–Crippen LogP) is 1.06. The van der Waals surface area contributed by atoms with Crippen molar-refractivity contribution in [2.24, 2.45) is 10.7 Å². The number of nitrogens with two attached hydrogens (primary N) is 2. The Morgan fingerprint density at radius 1 is 1.50 bits per heavy atom. The van der Waals surface area contributed by atoms with Gasteiger partial charge in [0, 0.05) is 24.5 Å². The van der Waals surface area contributed by atoms with Crippen molar-refractivity contribution >= 4 is 17.0 Å². The van der Waals surface area contributed by atoms with Gasteiger partial charge < -0.3 is 16.2 Å². The van der Waals surface area contributed by atoms with Crippen LogP contribution in [-0.2, 0) is 0 Å². The molecule has 0 saturated heterocycles. The molecular formula is C11H16N4O. The molecule has 4 N–H and O–H groups in total. The van der Waals surface area contributed by atoms with E-state index in [9.17, 15) is 0 Å². The van der Waals surface area contributed by atoms with Gasteiger partial charge in [-0.15, -0.1) is 0 Å². The number of allylic oxidation sites excluding steroid dienone is 1. The highest BCUT2D eigenvalue weighted by Gasteiger charge is 2.09. The molecule has 16 heavy (non-hydrogen) atoms. The zero-order valence-electron chi connectivity index (χ0n) is 9.69. The van der Waals surface area contributed by atoms with E-state index in [-0.39, 0.29) is 0 Å². The third-order valence-electron chi connectivity index (χ3n) is 2.25. The Kier molecular flexibility index (Phi) is 3.88. The van der Waals surface area contributed by atoms with Crippen LogP contribution in [-0.4, -0.2) is 24.9 Å². The summed E-state index contributed by atoms with van der Waals surface area (Å²) in [7, 11) is 3.22.